The normalized spacial score (nSPS) is 10.1. The van der Waals surface area contributed by atoms with Crippen LogP contribution < -0.4 is 16.0 Å². The van der Waals surface area contributed by atoms with Crippen molar-refractivity contribution in [1.29, 1.82) is 0 Å². The van der Waals surface area contributed by atoms with Crippen LogP contribution >= 0.6 is 11.3 Å². The van der Waals surface area contributed by atoms with Crippen molar-refractivity contribution in [2.75, 3.05) is 16.0 Å². The zero-order valence-corrected chi connectivity index (χ0v) is 14.3. The van der Waals surface area contributed by atoms with Crippen LogP contribution in [0.2, 0.25) is 0 Å². The predicted molar refractivity (Wildman–Crippen MR) is 100 cm³/mol. The summed E-state index contributed by atoms with van der Waals surface area (Å²) in [6, 6.07) is 16.1. The van der Waals surface area contributed by atoms with Gasteiger partial charge in [-0.2, -0.15) is 0 Å². The smallest absolute Gasteiger partial charge is 0.321 e. The highest BCUT2D eigenvalue weighted by Gasteiger charge is 2.12. The van der Waals surface area contributed by atoms with E-state index >= 15 is 0 Å². The van der Waals surface area contributed by atoms with Gasteiger partial charge in [-0.25, -0.2) is 9.78 Å². The zero-order chi connectivity index (χ0) is 17.6. The van der Waals surface area contributed by atoms with E-state index in [1.165, 1.54) is 11.3 Å². The Bertz CT molecular complexity index is 876. The van der Waals surface area contributed by atoms with E-state index in [0.717, 1.165) is 5.56 Å². The number of para-hydroxylation sites is 1. The first kappa shape index (κ1) is 16.7. The van der Waals surface area contributed by atoms with Gasteiger partial charge in [0.15, 0.2) is 5.13 Å². The van der Waals surface area contributed by atoms with Crippen molar-refractivity contribution in [3.8, 4) is 0 Å². The second-order valence-corrected chi connectivity index (χ2v) is 6.16. The van der Waals surface area contributed by atoms with E-state index in [0.29, 0.717) is 16.5 Å². The third-order valence-corrected chi connectivity index (χ3v) is 4.06. The van der Waals surface area contributed by atoms with Gasteiger partial charge in [-0.05, 0) is 31.2 Å². The van der Waals surface area contributed by atoms with Crippen LogP contribution in [-0.4, -0.2) is 16.9 Å². The van der Waals surface area contributed by atoms with Gasteiger partial charge in [0, 0.05) is 16.8 Å². The Morgan fingerprint density at radius 2 is 1.56 bits per heavy atom. The summed E-state index contributed by atoms with van der Waals surface area (Å²) in [6.45, 7) is 1.98. The molecule has 3 rings (SSSR count). The second-order valence-electron chi connectivity index (χ2n) is 5.30. The maximum Gasteiger partial charge on any atom is 0.325 e. The summed E-state index contributed by atoms with van der Waals surface area (Å²) < 4.78 is 0. The molecule has 0 saturated heterocycles. The first-order chi connectivity index (χ1) is 12.1. The van der Waals surface area contributed by atoms with Crippen LogP contribution in [-0.2, 0) is 0 Å². The Labute approximate surface area is 148 Å². The van der Waals surface area contributed by atoms with Gasteiger partial charge in [-0.3, -0.25) is 10.1 Å². The number of urea groups is 1. The molecule has 0 atom stereocenters. The van der Waals surface area contributed by atoms with E-state index in [4.69, 9.17) is 0 Å². The topological polar surface area (TPSA) is 83.1 Å². The molecule has 0 saturated carbocycles. The summed E-state index contributed by atoms with van der Waals surface area (Å²) in [5, 5.41) is 10.0. The monoisotopic (exact) mass is 352 g/mol. The van der Waals surface area contributed by atoms with Gasteiger partial charge in [0.05, 0.1) is 0 Å². The fraction of sp³-hybridized carbons (Fsp3) is 0.0556. The molecule has 126 valence electrons. The summed E-state index contributed by atoms with van der Waals surface area (Å²) in [5.41, 5.74) is 2.73. The van der Waals surface area contributed by atoms with Crippen molar-refractivity contribution in [2.45, 2.75) is 6.92 Å². The second kappa shape index (κ2) is 7.59. The molecule has 0 unspecified atom stereocenters. The summed E-state index contributed by atoms with van der Waals surface area (Å²) in [6.07, 6.45) is 0. The number of aryl methyl sites for hydroxylation is 1. The molecule has 0 bridgehead atoms. The van der Waals surface area contributed by atoms with Crippen molar-refractivity contribution in [1.82, 2.24) is 4.98 Å². The van der Waals surface area contributed by atoms with Crippen LogP contribution in [0.15, 0.2) is 60.0 Å². The highest BCUT2D eigenvalue weighted by Crippen LogP contribution is 2.18. The largest absolute Gasteiger partial charge is 0.325 e. The van der Waals surface area contributed by atoms with Crippen molar-refractivity contribution in [2.24, 2.45) is 0 Å². The van der Waals surface area contributed by atoms with Crippen LogP contribution in [0.4, 0.5) is 21.3 Å². The molecule has 0 fully saturated rings. The first-order valence-electron chi connectivity index (χ1n) is 7.57. The lowest BCUT2D eigenvalue weighted by Crippen LogP contribution is -2.19. The zero-order valence-electron chi connectivity index (χ0n) is 13.4. The highest BCUT2D eigenvalue weighted by molar-refractivity contribution is 7.14. The molecule has 3 N–H and O–H groups in total. The number of benzene rings is 2. The number of anilines is 3. The molecule has 7 heteroatoms. The van der Waals surface area contributed by atoms with Crippen molar-refractivity contribution in [3.05, 3.63) is 71.2 Å². The SMILES string of the molecule is Cc1ccc(NC(=O)c2csc(NC(=O)Nc3ccccc3)n2)cc1. The molecule has 0 aliphatic heterocycles. The minimum atomic E-state index is -0.411. The van der Waals surface area contributed by atoms with Crippen molar-refractivity contribution >= 4 is 39.8 Å². The molecule has 3 amide bonds. The van der Waals surface area contributed by atoms with E-state index in [1.54, 1.807) is 17.5 Å². The average Bonchev–Trinajstić information content (AvgIpc) is 3.06. The van der Waals surface area contributed by atoms with E-state index in [-0.39, 0.29) is 11.6 Å². The number of carbonyl (C=O) groups excluding carboxylic acids is 2. The van der Waals surface area contributed by atoms with Crippen LogP contribution in [0.25, 0.3) is 0 Å². The quantitative estimate of drug-likeness (QED) is 0.653. The molecule has 0 radical (unpaired) electrons. The van der Waals surface area contributed by atoms with Gasteiger partial charge >= 0.3 is 6.03 Å². The van der Waals surface area contributed by atoms with Crippen molar-refractivity contribution in [3.63, 3.8) is 0 Å². The number of amides is 3. The Morgan fingerprint density at radius 3 is 2.28 bits per heavy atom. The molecule has 1 heterocycles. The fourth-order valence-corrected chi connectivity index (χ4v) is 2.73. The molecule has 3 aromatic rings. The molecule has 6 nitrogen and oxygen atoms in total. The summed E-state index contributed by atoms with van der Waals surface area (Å²) >= 11 is 1.19. The molecule has 25 heavy (non-hydrogen) atoms. The van der Waals surface area contributed by atoms with Gasteiger partial charge in [0.25, 0.3) is 5.91 Å². The minimum Gasteiger partial charge on any atom is -0.321 e. The molecular weight excluding hydrogens is 336 g/mol. The molecule has 2 aromatic carbocycles. The number of thiazole rings is 1. The lowest BCUT2D eigenvalue weighted by Gasteiger charge is -2.05. The van der Waals surface area contributed by atoms with Gasteiger partial charge in [-0.1, -0.05) is 35.9 Å². The summed E-state index contributed by atoms with van der Waals surface area (Å²) in [4.78, 5) is 28.3. The number of nitrogens with zero attached hydrogens (tertiary/aromatic N) is 1. The Balaban J connectivity index is 1.59. The fourth-order valence-electron chi connectivity index (χ4n) is 2.05. The Morgan fingerprint density at radius 1 is 0.880 bits per heavy atom. The summed E-state index contributed by atoms with van der Waals surface area (Å²) in [7, 11) is 0. The van der Waals surface area contributed by atoms with Crippen LogP contribution in [0.5, 0.6) is 0 Å². The van der Waals surface area contributed by atoms with E-state index < -0.39 is 6.03 Å². The molecular formula is C18H16N4O2S. The number of hydrogen-bond donors (Lipinski definition) is 3. The number of nitrogens with one attached hydrogen (secondary N) is 3. The summed E-state index contributed by atoms with van der Waals surface area (Å²) in [5.74, 6) is -0.323. The minimum absolute atomic E-state index is 0.251. The van der Waals surface area contributed by atoms with Crippen molar-refractivity contribution < 1.29 is 9.59 Å². The van der Waals surface area contributed by atoms with Crippen LogP contribution in [0, 0.1) is 6.92 Å². The maximum absolute atomic E-state index is 12.2. The number of aromatic nitrogens is 1. The number of hydrogen-bond acceptors (Lipinski definition) is 4. The Hall–Kier alpha value is -3.19. The van der Waals surface area contributed by atoms with E-state index in [2.05, 4.69) is 20.9 Å². The van der Waals surface area contributed by atoms with E-state index in [1.807, 2.05) is 49.4 Å². The third-order valence-electron chi connectivity index (χ3n) is 3.30. The van der Waals surface area contributed by atoms with Crippen LogP contribution in [0.1, 0.15) is 16.1 Å². The van der Waals surface area contributed by atoms with E-state index in [9.17, 15) is 9.59 Å². The first-order valence-corrected chi connectivity index (χ1v) is 8.45. The van der Waals surface area contributed by atoms with Crippen LogP contribution in [0.3, 0.4) is 0 Å². The lowest BCUT2D eigenvalue weighted by atomic mass is 10.2. The molecule has 0 aliphatic rings. The molecule has 0 spiro atoms. The highest BCUT2D eigenvalue weighted by atomic mass is 32.1. The predicted octanol–water partition coefficient (Wildman–Crippen LogP) is 4.35. The van der Waals surface area contributed by atoms with Gasteiger partial charge in [0.1, 0.15) is 5.69 Å². The Kier molecular flexibility index (Phi) is 5.06. The standard InChI is InChI=1S/C18H16N4O2S/c1-12-7-9-14(10-8-12)19-16(23)15-11-25-18(21-15)22-17(24)20-13-5-3-2-4-6-13/h2-11H,1H3,(H,19,23)(H2,20,21,22,24). The molecule has 1 aromatic heterocycles. The lowest BCUT2D eigenvalue weighted by molar-refractivity contribution is 0.102. The average molecular weight is 352 g/mol. The van der Waals surface area contributed by atoms with Gasteiger partial charge in [0.2, 0.25) is 0 Å². The van der Waals surface area contributed by atoms with Gasteiger partial charge in [-0.15, -0.1) is 11.3 Å². The third kappa shape index (κ3) is 4.65. The number of carbonyl (C=O) groups is 2. The van der Waals surface area contributed by atoms with Gasteiger partial charge < -0.3 is 10.6 Å². The maximum atomic E-state index is 12.2. The number of rotatable bonds is 4. The molecule has 0 aliphatic carbocycles.